The molecule has 4 atom stereocenters. The Morgan fingerprint density at radius 2 is 0.778 bits per heavy atom. The summed E-state index contributed by atoms with van der Waals surface area (Å²) in [6, 6.07) is 0. The molecule has 4 rings (SSSR count). The third-order valence-electron chi connectivity index (χ3n) is 8.49. The quantitative estimate of drug-likeness (QED) is 0.535. The van der Waals surface area contributed by atoms with Crippen LogP contribution in [-0.4, -0.2) is 0 Å². The molecular weight excluding hydrogens is 216 g/mol. The van der Waals surface area contributed by atoms with E-state index >= 15 is 0 Å². The van der Waals surface area contributed by atoms with Crippen LogP contribution in [0.3, 0.4) is 0 Å². The lowest BCUT2D eigenvalue weighted by atomic mass is 9.34. The van der Waals surface area contributed by atoms with Crippen LogP contribution < -0.4 is 0 Å². The molecule has 0 bridgehead atoms. The standard InChI is InChI=1S/C18H30/c1-17-13-5-3-6-14(17)10-12-16-8-4-7-15(11-9-13)18(16,17)2/h13-16H,3-12H2,1-2H3. The van der Waals surface area contributed by atoms with E-state index in [2.05, 4.69) is 13.8 Å². The van der Waals surface area contributed by atoms with Gasteiger partial charge in [-0.1, -0.05) is 26.7 Å². The first-order valence-corrected chi connectivity index (χ1v) is 8.67. The molecule has 0 N–H and O–H groups in total. The van der Waals surface area contributed by atoms with Crippen molar-refractivity contribution in [2.45, 2.75) is 78.1 Å². The normalized spacial score (nSPS) is 59.0. The van der Waals surface area contributed by atoms with Gasteiger partial charge < -0.3 is 0 Å². The van der Waals surface area contributed by atoms with Crippen LogP contribution >= 0.6 is 0 Å². The van der Waals surface area contributed by atoms with Crippen LogP contribution in [0.4, 0.5) is 0 Å². The molecule has 4 aliphatic carbocycles. The van der Waals surface area contributed by atoms with E-state index in [1.807, 2.05) is 0 Å². The summed E-state index contributed by atoms with van der Waals surface area (Å²) < 4.78 is 0. The molecule has 0 nitrogen and oxygen atoms in total. The van der Waals surface area contributed by atoms with Gasteiger partial charge in [-0.15, -0.1) is 0 Å². The molecule has 4 fully saturated rings. The summed E-state index contributed by atoms with van der Waals surface area (Å²) in [6.45, 7) is 5.48. The minimum Gasteiger partial charge on any atom is -0.0586 e. The Hall–Kier alpha value is 0. The summed E-state index contributed by atoms with van der Waals surface area (Å²) in [6.07, 6.45) is 15.6. The molecule has 4 aliphatic rings. The molecule has 0 heterocycles. The second-order valence-corrected chi connectivity index (χ2v) is 8.37. The molecule has 0 saturated heterocycles. The van der Waals surface area contributed by atoms with Crippen molar-refractivity contribution < 1.29 is 0 Å². The first-order chi connectivity index (χ1) is 8.67. The highest BCUT2D eigenvalue weighted by molar-refractivity contribution is 5.13. The zero-order valence-electron chi connectivity index (χ0n) is 12.4. The van der Waals surface area contributed by atoms with Crippen molar-refractivity contribution in [3.05, 3.63) is 0 Å². The second-order valence-electron chi connectivity index (χ2n) is 8.37. The molecule has 0 radical (unpaired) electrons. The molecule has 0 aromatic heterocycles. The van der Waals surface area contributed by atoms with E-state index < -0.39 is 0 Å². The smallest absolute Gasteiger partial charge is 0.0210 e. The zero-order valence-corrected chi connectivity index (χ0v) is 12.4. The Kier molecular flexibility index (Phi) is 2.47. The van der Waals surface area contributed by atoms with Crippen LogP contribution in [-0.2, 0) is 0 Å². The van der Waals surface area contributed by atoms with Gasteiger partial charge in [0.15, 0.2) is 0 Å². The van der Waals surface area contributed by atoms with Crippen molar-refractivity contribution in [2.24, 2.45) is 34.5 Å². The lowest BCUT2D eigenvalue weighted by Crippen LogP contribution is -2.63. The molecule has 0 heteroatoms. The first-order valence-electron chi connectivity index (χ1n) is 8.67. The van der Waals surface area contributed by atoms with Crippen LogP contribution in [0.25, 0.3) is 0 Å². The van der Waals surface area contributed by atoms with Gasteiger partial charge in [-0.3, -0.25) is 0 Å². The predicted octanol–water partition coefficient (Wildman–Crippen LogP) is 5.42. The molecule has 0 aromatic rings. The summed E-state index contributed by atoms with van der Waals surface area (Å²) in [5.74, 6) is 4.33. The minimum atomic E-state index is 0.720. The minimum absolute atomic E-state index is 0.720. The van der Waals surface area contributed by atoms with E-state index in [1.54, 1.807) is 51.4 Å². The van der Waals surface area contributed by atoms with Gasteiger partial charge in [0.2, 0.25) is 0 Å². The van der Waals surface area contributed by atoms with Gasteiger partial charge in [0.25, 0.3) is 0 Å². The average Bonchev–Trinajstić information content (AvgIpc) is 2.37. The Morgan fingerprint density at radius 3 is 1.06 bits per heavy atom. The molecule has 4 saturated carbocycles. The summed E-state index contributed by atoms with van der Waals surface area (Å²) in [4.78, 5) is 0. The summed E-state index contributed by atoms with van der Waals surface area (Å²) in [7, 11) is 0. The van der Waals surface area contributed by atoms with Gasteiger partial charge in [0, 0.05) is 0 Å². The van der Waals surface area contributed by atoms with Gasteiger partial charge in [-0.25, -0.2) is 0 Å². The number of hydrogen-bond donors (Lipinski definition) is 0. The topological polar surface area (TPSA) is 0 Å². The van der Waals surface area contributed by atoms with Crippen LogP contribution in [0.15, 0.2) is 0 Å². The number of rotatable bonds is 0. The summed E-state index contributed by atoms with van der Waals surface area (Å²) >= 11 is 0. The third kappa shape index (κ3) is 1.19. The van der Waals surface area contributed by atoms with Crippen LogP contribution in [0.2, 0.25) is 0 Å². The largest absolute Gasteiger partial charge is 0.0586 e. The third-order valence-corrected chi connectivity index (χ3v) is 8.49. The molecule has 18 heavy (non-hydrogen) atoms. The average molecular weight is 246 g/mol. The van der Waals surface area contributed by atoms with Gasteiger partial charge in [-0.05, 0) is 85.9 Å². The van der Waals surface area contributed by atoms with Gasteiger partial charge in [0.1, 0.15) is 0 Å². The predicted molar refractivity (Wildman–Crippen MR) is 76.3 cm³/mol. The second kappa shape index (κ2) is 3.76. The maximum atomic E-state index is 2.74. The van der Waals surface area contributed by atoms with Gasteiger partial charge in [-0.2, -0.15) is 0 Å². The number of hydrogen-bond acceptors (Lipinski definition) is 0. The monoisotopic (exact) mass is 246 g/mol. The van der Waals surface area contributed by atoms with Crippen molar-refractivity contribution in [2.75, 3.05) is 0 Å². The SMILES string of the molecule is CC12C3CCCC1CCC1CCCC(CC3)C12C. The lowest BCUT2D eigenvalue weighted by molar-refractivity contribution is -0.214. The fraction of sp³-hybridized carbons (Fsp3) is 1.00. The summed E-state index contributed by atoms with van der Waals surface area (Å²) in [5, 5.41) is 0. The van der Waals surface area contributed by atoms with Crippen LogP contribution in [0, 0.1) is 34.5 Å². The Bertz CT molecular complexity index is 284. The Labute approximate surface area is 113 Å². The Balaban J connectivity index is 1.83. The van der Waals surface area contributed by atoms with Crippen LogP contribution in [0.5, 0.6) is 0 Å². The molecule has 0 spiro atoms. The molecule has 0 aromatic carbocycles. The van der Waals surface area contributed by atoms with Crippen molar-refractivity contribution in [3.8, 4) is 0 Å². The van der Waals surface area contributed by atoms with E-state index in [0.717, 1.165) is 34.5 Å². The maximum Gasteiger partial charge on any atom is -0.0210 e. The van der Waals surface area contributed by atoms with E-state index in [-0.39, 0.29) is 0 Å². The van der Waals surface area contributed by atoms with E-state index in [9.17, 15) is 0 Å². The van der Waals surface area contributed by atoms with Crippen molar-refractivity contribution in [3.63, 3.8) is 0 Å². The summed E-state index contributed by atoms with van der Waals surface area (Å²) in [5.41, 5.74) is 1.44. The van der Waals surface area contributed by atoms with Crippen molar-refractivity contribution in [1.29, 1.82) is 0 Å². The van der Waals surface area contributed by atoms with Crippen LogP contribution in [0.1, 0.15) is 78.1 Å². The molecule has 0 aliphatic heterocycles. The maximum absolute atomic E-state index is 2.74. The zero-order chi connectivity index (χ0) is 12.4. The van der Waals surface area contributed by atoms with E-state index in [4.69, 9.17) is 0 Å². The highest BCUT2D eigenvalue weighted by Gasteiger charge is 2.64. The fourth-order valence-corrected chi connectivity index (χ4v) is 7.43. The molecule has 0 amide bonds. The van der Waals surface area contributed by atoms with Crippen molar-refractivity contribution >= 4 is 0 Å². The molecule has 4 unspecified atom stereocenters. The van der Waals surface area contributed by atoms with E-state index in [0.29, 0.717) is 0 Å². The lowest BCUT2D eigenvalue weighted by Gasteiger charge is -2.70. The van der Waals surface area contributed by atoms with E-state index in [1.165, 1.54) is 12.8 Å². The first kappa shape index (κ1) is 11.8. The molecule has 102 valence electrons. The molecular formula is C18H30. The van der Waals surface area contributed by atoms with Gasteiger partial charge in [0.05, 0.1) is 0 Å². The van der Waals surface area contributed by atoms with Gasteiger partial charge >= 0.3 is 0 Å². The highest BCUT2D eigenvalue weighted by atomic mass is 14.7. The fourth-order valence-electron chi connectivity index (χ4n) is 7.43. The Morgan fingerprint density at radius 1 is 0.500 bits per heavy atom. The highest BCUT2D eigenvalue weighted by Crippen LogP contribution is 2.72. The van der Waals surface area contributed by atoms with Crippen molar-refractivity contribution in [1.82, 2.24) is 0 Å².